The highest BCUT2D eigenvalue weighted by Gasteiger charge is 2.24. The van der Waals surface area contributed by atoms with Crippen LogP contribution in [0.4, 0.5) is 0 Å². The molecule has 1 saturated heterocycles. The fourth-order valence-corrected chi connectivity index (χ4v) is 1.15. The summed E-state index contributed by atoms with van der Waals surface area (Å²) in [6.45, 7) is 0.233. The normalized spacial score (nSPS) is 31.7. The fourth-order valence-electron chi connectivity index (χ4n) is 1.15. The van der Waals surface area contributed by atoms with E-state index in [9.17, 15) is 10.1 Å². The highest BCUT2D eigenvalue weighted by molar-refractivity contribution is 4.69. The van der Waals surface area contributed by atoms with E-state index in [1.807, 2.05) is 0 Å². The van der Waals surface area contributed by atoms with Gasteiger partial charge >= 0.3 is 0 Å². The van der Waals surface area contributed by atoms with Crippen molar-refractivity contribution in [1.82, 2.24) is 0 Å². The Bertz CT molecular complexity index is 150. The Hall–Kier alpha value is -0.680. The molecule has 0 aromatic carbocycles. The van der Waals surface area contributed by atoms with E-state index >= 15 is 0 Å². The van der Waals surface area contributed by atoms with Gasteiger partial charge in [0.25, 0.3) is 0 Å². The lowest BCUT2D eigenvalue weighted by atomic mass is 10.1. The van der Waals surface area contributed by atoms with Gasteiger partial charge in [-0.2, -0.15) is 0 Å². The van der Waals surface area contributed by atoms with Gasteiger partial charge in [-0.3, -0.25) is 10.1 Å². The van der Waals surface area contributed by atoms with Gasteiger partial charge in [0.15, 0.2) is 0 Å². The Morgan fingerprint density at radius 3 is 3.00 bits per heavy atom. The van der Waals surface area contributed by atoms with Crippen LogP contribution in [0.2, 0.25) is 0 Å². The molecule has 1 rings (SSSR count). The lowest BCUT2D eigenvalue weighted by molar-refractivity contribution is -0.493. The molecule has 0 unspecified atom stereocenters. The van der Waals surface area contributed by atoms with E-state index in [0.29, 0.717) is 19.4 Å². The van der Waals surface area contributed by atoms with E-state index in [4.69, 9.17) is 9.84 Å². The summed E-state index contributed by atoms with van der Waals surface area (Å²) in [7, 11) is 0. The average molecular weight is 161 g/mol. The van der Waals surface area contributed by atoms with E-state index in [-0.39, 0.29) is 6.54 Å². The van der Waals surface area contributed by atoms with E-state index in [1.165, 1.54) is 0 Å². The number of hydrogen-bond acceptors (Lipinski definition) is 4. The molecule has 0 aromatic rings. The van der Waals surface area contributed by atoms with Gasteiger partial charge in [0.2, 0.25) is 6.54 Å². The standard InChI is InChI=1S/C6H11NO4/c8-5-1-2-11-6(3-5)4-7(9)10/h5-6,8H,1-4H2/t5-,6+/m1/s1. The third kappa shape index (κ3) is 2.81. The van der Waals surface area contributed by atoms with Crippen molar-refractivity contribution in [3.63, 3.8) is 0 Å². The third-order valence-electron chi connectivity index (χ3n) is 1.69. The minimum absolute atomic E-state index is 0.197. The molecule has 0 radical (unpaired) electrons. The van der Waals surface area contributed by atoms with Crippen LogP contribution in [0.25, 0.3) is 0 Å². The van der Waals surface area contributed by atoms with Gasteiger partial charge in [0.1, 0.15) is 6.10 Å². The van der Waals surface area contributed by atoms with Crippen LogP contribution < -0.4 is 0 Å². The first-order valence-electron chi connectivity index (χ1n) is 3.60. The zero-order chi connectivity index (χ0) is 8.27. The molecule has 1 aliphatic heterocycles. The summed E-state index contributed by atoms with van der Waals surface area (Å²) in [5.41, 5.74) is 0. The molecular formula is C6H11NO4. The van der Waals surface area contributed by atoms with Crippen molar-refractivity contribution in [1.29, 1.82) is 0 Å². The summed E-state index contributed by atoms with van der Waals surface area (Å²) in [6, 6.07) is 0. The minimum atomic E-state index is -0.423. The van der Waals surface area contributed by atoms with Gasteiger partial charge in [0.05, 0.1) is 6.10 Å². The Morgan fingerprint density at radius 2 is 2.45 bits per heavy atom. The molecule has 1 N–H and O–H groups in total. The number of nitro groups is 1. The predicted octanol–water partition coefficient (Wildman–Crippen LogP) is -0.197. The van der Waals surface area contributed by atoms with Crippen LogP contribution in [0.1, 0.15) is 12.8 Å². The first-order chi connectivity index (χ1) is 5.18. The zero-order valence-corrected chi connectivity index (χ0v) is 6.10. The second-order valence-electron chi connectivity index (χ2n) is 2.69. The molecule has 5 heteroatoms. The van der Waals surface area contributed by atoms with Gasteiger partial charge < -0.3 is 9.84 Å². The van der Waals surface area contributed by atoms with Crippen molar-refractivity contribution in [3.05, 3.63) is 10.1 Å². The molecule has 5 nitrogen and oxygen atoms in total. The van der Waals surface area contributed by atoms with Gasteiger partial charge in [0, 0.05) is 18.0 Å². The Balaban J connectivity index is 2.28. The SMILES string of the molecule is O=[N+]([O-])C[C@@H]1C[C@H](O)CCO1. The predicted molar refractivity (Wildman–Crippen MR) is 36.8 cm³/mol. The van der Waals surface area contributed by atoms with Crippen LogP contribution >= 0.6 is 0 Å². The summed E-state index contributed by atoms with van der Waals surface area (Å²) in [5, 5.41) is 19.1. The molecule has 0 amide bonds. The number of aliphatic hydroxyl groups excluding tert-OH is 1. The molecule has 1 heterocycles. The zero-order valence-electron chi connectivity index (χ0n) is 6.10. The monoisotopic (exact) mass is 161 g/mol. The van der Waals surface area contributed by atoms with Crippen molar-refractivity contribution in [2.45, 2.75) is 25.0 Å². The molecule has 0 saturated carbocycles. The summed E-state index contributed by atoms with van der Waals surface area (Å²) < 4.78 is 5.06. The van der Waals surface area contributed by atoms with E-state index in [0.717, 1.165) is 0 Å². The summed E-state index contributed by atoms with van der Waals surface area (Å²) >= 11 is 0. The highest BCUT2D eigenvalue weighted by Crippen LogP contribution is 2.13. The molecule has 0 aliphatic carbocycles. The number of nitrogens with zero attached hydrogens (tertiary/aromatic N) is 1. The smallest absolute Gasteiger partial charge is 0.229 e. The van der Waals surface area contributed by atoms with Crippen LogP contribution in [-0.4, -0.2) is 35.4 Å². The molecule has 1 fully saturated rings. The molecular weight excluding hydrogens is 150 g/mol. The minimum Gasteiger partial charge on any atom is -0.393 e. The van der Waals surface area contributed by atoms with Gasteiger partial charge in [-0.05, 0) is 6.42 Å². The Morgan fingerprint density at radius 1 is 1.73 bits per heavy atom. The average Bonchev–Trinajstić information content (AvgIpc) is 1.85. The van der Waals surface area contributed by atoms with Gasteiger partial charge in [-0.25, -0.2) is 0 Å². The summed E-state index contributed by atoms with van der Waals surface area (Å²) in [5.74, 6) is 0. The highest BCUT2D eigenvalue weighted by atomic mass is 16.6. The van der Waals surface area contributed by atoms with Gasteiger partial charge in [-0.15, -0.1) is 0 Å². The van der Waals surface area contributed by atoms with E-state index in [2.05, 4.69) is 0 Å². The summed E-state index contributed by atoms with van der Waals surface area (Å²) in [6.07, 6.45) is 0.164. The quantitative estimate of drug-likeness (QED) is 0.449. The van der Waals surface area contributed by atoms with Crippen LogP contribution in [0.5, 0.6) is 0 Å². The maximum atomic E-state index is 10.0. The first kappa shape index (κ1) is 8.42. The Labute approximate surface area is 64.1 Å². The molecule has 64 valence electrons. The molecule has 2 atom stereocenters. The fraction of sp³-hybridized carbons (Fsp3) is 1.00. The Kier molecular flexibility index (Phi) is 2.78. The van der Waals surface area contributed by atoms with Gasteiger partial charge in [-0.1, -0.05) is 0 Å². The van der Waals surface area contributed by atoms with Crippen molar-refractivity contribution < 1.29 is 14.8 Å². The van der Waals surface area contributed by atoms with Crippen molar-refractivity contribution in [2.75, 3.05) is 13.2 Å². The molecule has 0 spiro atoms. The van der Waals surface area contributed by atoms with Crippen LogP contribution in [0.15, 0.2) is 0 Å². The number of rotatable bonds is 2. The molecule has 11 heavy (non-hydrogen) atoms. The second-order valence-corrected chi connectivity index (χ2v) is 2.69. The number of ether oxygens (including phenoxy) is 1. The van der Waals surface area contributed by atoms with E-state index in [1.54, 1.807) is 0 Å². The molecule has 0 bridgehead atoms. The molecule has 0 aromatic heterocycles. The lowest BCUT2D eigenvalue weighted by Crippen LogP contribution is -2.33. The van der Waals surface area contributed by atoms with Crippen LogP contribution in [0.3, 0.4) is 0 Å². The van der Waals surface area contributed by atoms with Crippen molar-refractivity contribution >= 4 is 0 Å². The summed E-state index contributed by atoms with van der Waals surface area (Å²) in [4.78, 5) is 9.60. The number of hydrogen-bond donors (Lipinski definition) is 1. The van der Waals surface area contributed by atoms with Crippen molar-refractivity contribution in [3.8, 4) is 0 Å². The maximum absolute atomic E-state index is 10.0. The van der Waals surface area contributed by atoms with E-state index < -0.39 is 17.1 Å². The van der Waals surface area contributed by atoms with Crippen LogP contribution in [-0.2, 0) is 4.74 Å². The van der Waals surface area contributed by atoms with Crippen LogP contribution in [0, 0.1) is 10.1 Å². The lowest BCUT2D eigenvalue weighted by Gasteiger charge is -2.23. The molecule has 1 aliphatic rings. The van der Waals surface area contributed by atoms with Crippen molar-refractivity contribution in [2.24, 2.45) is 0 Å². The largest absolute Gasteiger partial charge is 0.393 e. The first-order valence-corrected chi connectivity index (χ1v) is 3.60. The topological polar surface area (TPSA) is 72.6 Å². The second kappa shape index (κ2) is 3.64. The number of aliphatic hydroxyl groups is 1. The maximum Gasteiger partial charge on any atom is 0.229 e. The third-order valence-corrected chi connectivity index (χ3v) is 1.69.